The first-order valence-electron chi connectivity index (χ1n) is 8.77. The van der Waals surface area contributed by atoms with Crippen LogP contribution in [0.4, 0.5) is 5.69 Å². The maximum atomic E-state index is 12.5. The van der Waals surface area contributed by atoms with Crippen LogP contribution in [0, 0.1) is 6.92 Å². The monoisotopic (exact) mass is 348 g/mol. The summed E-state index contributed by atoms with van der Waals surface area (Å²) in [7, 11) is 0. The highest BCUT2D eigenvalue weighted by Gasteiger charge is 2.12. The summed E-state index contributed by atoms with van der Waals surface area (Å²) in [5.41, 5.74) is 2.69. The molecule has 1 aliphatic heterocycles. The fourth-order valence-electron chi connectivity index (χ4n) is 3.35. The van der Waals surface area contributed by atoms with Crippen molar-refractivity contribution in [1.82, 2.24) is 9.66 Å². The van der Waals surface area contributed by atoms with Crippen LogP contribution in [0.5, 0.6) is 0 Å². The summed E-state index contributed by atoms with van der Waals surface area (Å²) in [6.45, 7) is 4.19. The number of fused-ring (bicyclic) bond motifs is 1. The van der Waals surface area contributed by atoms with Gasteiger partial charge in [-0.05, 0) is 55.2 Å². The van der Waals surface area contributed by atoms with E-state index >= 15 is 0 Å². The molecule has 0 amide bonds. The minimum absolute atomic E-state index is 0.424. The molecule has 1 aromatic heterocycles. The molecule has 132 valence electrons. The van der Waals surface area contributed by atoms with Crippen LogP contribution < -0.4 is 16.1 Å². The maximum absolute atomic E-state index is 12.5. The number of aromatic nitrogens is 2. The molecular weight excluding hydrogens is 328 g/mol. The van der Waals surface area contributed by atoms with Gasteiger partial charge in [0.05, 0.1) is 17.1 Å². The Labute approximate surface area is 150 Å². The SMILES string of the molecule is Cc1cc(N2CCCC2)ccc1C=Nn1c(=O)[nH]c2ccccc2c1=O. The van der Waals surface area contributed by atoms with Gasteiger partial charge in [-0.2, -0.15) is 5.10 Å². The Hall–Kier alpha value is -3.15. The highest BCUT2D eigenvalue weighted by molar-refractivity contribution is 5.83. The minimum Gasteiger partial charge on any atom is -0.372 e. The van der Waals surface area contributed by atoms with E-state index in [1.807, 2.05) is 13.0 Å². The fraction of sp³-hybridized carbons (Fsp3) is 0.250. The second-order valence-electron chi connectivity index (χ2n) is 6.57. The van der Waals surface area contributed by atoms with Gasteiger partial charge in [0.1, 0.15) is 0 Å². The van der Waals surface area contributed by atoms with Crippen molar-refractivity contribution in [2.75, 3.05) is 18.0 Å². The number of rotatable bonds is 3. The number of benzene rings is 2. The largest absolute Gasteiger partial charge is 0.372 e. The summed E-state index contributed by atoms with van der Waals surface area (Å²) in [5.74, 6) is 0. The zero-order chi connectivity index (χ0) is 18.1. The molecule has 0 bridgehead atoms. The number of H-pyrrole nitrogens is 1. The average molecular weight is 348 g/mol. The molecule has 6 nitrogen and oxygen atoms in total. The van der Waals surface area contributed by atoms with E-state index in [1.54, 1.807) is 30.5 Å². The van der Waals surface area contributed by atoms with Crippen LogP contribution in [0.15, 0.2) is 57.2 Å². The molecule has 2 aromatic carbocycles. The number of aromatic amines is 1. The lowest BCUT2D eigenvalue weighted by Gasteiger charge is -2.18. The van der Waals surface area contributed by atoms with E-state index < -0.39 is 11.2 Å². The van der Waals surface area contributed by atoms with Crippen molar-refractivity contribution >= 4 is 22.8 Å². The van der Waals surface area contributed by atoms with E-state index in [4.69, 9.17) is 0 Å². The molecule has 1 fully saturated rings. The molecule has 26 heavy (non-hydrogen) atoms. The molecule has 4 rings (SSSR count). The number of para-hydroxylation sites is 1. The van der Waals surface area contributed by atoms with E-state index in [2.05, 4.69) is 27.1 Å². The lowest BCUT2D eigenvalue weighted by atomic mass is 10.1. The molecule has 2 heterocycles. The molecule has 0 aliphatic carbocycles. The highest BCUT2D eigenvalue weighted by Crippen LogP contribution is 2.22. The van der Waals surface area contributed by atoms with Crippen molar-refractivity contribution in [2.24, 2.45) is 5.10 Å². The molecule has 3 aromatic rings. The molecule has 0 radical (unpaired) electrons. The predicted octanol–water partition coefficient (Wildman–Crippen LogP) is 2.48. The third-order valence-electron chi connectivity index (χ3n) is 4.82. The first-order chi connectivity index (χ1) is 12.6. The van der Waals surface area contributed by atoms with Gasteiger partial charge in [0.15, 0.2) is 0 Å². The number of aryl methyl sites for hydroxylation is 1. The van der Waals surface area contributed by atoms with Crippen LogP contribution in [0.2, 0.25) is 0 Å². The molecule has 6 heteroatoms. The standard InChI is InChI=1S/C20H20N4O2/c1-14-12-16(23-10-4-5-11-23)9-8-15(14)13-21-24-19(25)17-6-2-3-7-18(17)22-20(24)26/h2-3,6-9,12-13H,4-5,10-11H2,1H3,(H,22,26). The Morgan fingerprint density at radius 2 is 1.85 bits per heavy atom. The number of anilines is 1. The Morgan fingerprint density at radius 1 is 1.08 bits per heavy atom. The number of hydrogen-bond acceptors (Lipinski definition) is 4. The van der Waals surface area contributed by atoms with Crippen LogP contribution in [0.1, 0.15) is 24.0 Å². The van der Waals surface area contributed by atoms with Crippen molar-refractivity contribution in [3.63, 3.8) is 0 Å². The molecule has 0 atom stereocenters. The van der Waals surface area contributed by atoms with E-state index in [-0.39, 0.29) is 0 Å². The highest BCUT2D eigenvalue weighted by atomic mass is 16.2. The van der Waals surface area contributed by atoms with Gasteiger partial charge in [-0.25, -0.2) is 4.79 Å². The Morgan fingerprint density at radius 3 is 2.62 bits per heavy atom. The van der Waals surface area contributed by atoms with Gasteiger partial charge in [0.25, 0.3) is 5.56 Å². The molecular formula is C20H20N4O2. The van der Waals surface area contributed by atoms with Gasteiger partial charge >= 0.3 is 5.69 Å². The minimum atomic E-state index is -0.545. The number of hydrogen-bond donors (Lipinski definition) is 1. The summed E-state index contributed by atoms with van der Waals surface area (Å²) in [6.07, 6.45) is 4.03. The van der Waals surface area contributed by atoms with E-state index in [0.29, 0.717) is 10.9 Å². The zero-order valence-corrected chi connectivity index (χ0v) is 14.6. The lowest BCUT2D eigenvalue weighted by molar-refractivity contribution is 0.771. The van der Waals surface area contributed by atoms with Crippen molar-refractivity contribution in [2.45, 2.75) is 19.8 Å². The Bertz CT molecular complexity index is 1100. The second-order valence-corrected chi connectivity index (χ2v) is 6.57. The Balaban J connectivity index is 1.69. The molecule has 1 saturated heterocycles. The molecule has 1 aliphatic rings. The topological polar surface area (TPSA) is 70.5 Å². The Kier molecular flexibility index (Phi) is 4.16. The smallest absolute Gasteiger partial charge is 0.349 e. The van der Waals surface area contributed by atoms with Crippen molar-refractivity contribution in [3.8, 4) is 0 Å². The zero-order valence-electron chi connectivity index (χ0n) is 14.6. The second kappa shape index (κ2) is 6.63. The molecule has 0 unspecified atom stereocenters. The third-order valence-corrected chi connectivity index (χ3v) is 4.82. The summed E-state index contributed by atoms with van der Waals surface area (Å²) < 4.78 is 0.871. The van der Waals surface area contributed by atoms with Gasteiger partial charge in [-0.15, -0.1) is 4.68 Å². The normalized spacial score (nSPS) is 14.6. The first kappa shape index (κ1) is 16.3. The van der Waals surface area contributed by atoms with Crippen LogP contribution in [-0.4, -0.2) is 29.0 Å². The van der Waals surface area contributed by atoms with Crippen LogP contribution in [0.3, 0.4) is 0 Å². The third kappa shape index (κ3) is 2.94. The van der Waals surface area contributed by atoms with Crippen molar-refractivity contribution in [1.29, 1.82) is 0 Å². The van der Waals surface area contributed by atoms with Gasteiger partial charge in [0, 0.05) is 18.8 Å². The predicted molar refractivity (Wildman–Crippen MR) is 104 cm³/mol. The van der Waals surface area contributed by atoms with Crippen LogP contribution in [0.25, 0.3) is 10.9 Å². The van der Waals surface area contributed by atoms with Crippen molar-refractivity contribution in [3.05, 3.63) is 74.4 Å². The van der Waals surface area contributed by atoms with E-state index in [1.165, 1.54) is 18.5 Å². The summed E-state index contributed by atoms with van der Waals surface area (Å²) in [5, 5.41) is 4.57. The van der Waals surface area contributed by atoms with Gasteiger partial charge in [-0.3, -0.25) is 4.79 Å². The lowest BCUT2D eigenvalue weighted by Crippen LogP contribution is -2.32. The van der Waals surface area contributed by atoms with E-state index in [9.17, 15) is 9.59 Å². The summed E-state index contributed by atoms with van der Waals surface area (Å²) >= 11 is 0. The number of nitrogens with one attached hydrogen (secondary N) is 1. The van der Waals surface area contributed by atoms with Crippen molar-refractivity contribution < 1.29 is 0 Å². The van der Waals surface area contributed by atoms with E-state index in [0.717, 1.165) is 28.9 Å². The van der Waals surface area contributed by atoms with Crippen LogP contribution in [-0.2, 0) is 0 Å². The van der Waals surface area contributed by atoms with Gasteiger partial charge < -0.3 is 9.88 Å². The van der Waals surface area contributed by atoms with Crippen LogP contribution >= 0.6 is 0 Å². The summed E-state index contributed by atoms with van der Waals surface area (Å²) in [4.78, 5) is 29.7. The fourth-order valence-corrected chi connectivity index (χ4v) is 3.35. The molecule has 0 spiro atoms. The first-order valence-corrected chi connectivity index (χ1v) is 8.77. The quantitative estimate of drug-likeness (QED) is 0.739. The molecule has 1 N–H and O–H groups in total. The number of nitrogens with zero attached hydrogens (tertiary/aromatic N) is 3. The van der Waals surface area contributed by atoms with Gasteiger partial charge in [-0.1, -0.05) is 18.2 Å². The maximum Gasteiger partial charge on any atom is 0.349 e. The molecule has 0 saturated carbocycles. The summed E-state index contributed by atoms with van der Waals surface area (Å²) in [6, 6.07) is 13.1. The van der Waals surface area contributed by atoms with Gasteiger partial charge in [0.2, 0.25) is 0 Å². The average Bonchev–Trinajstić information content (AvgIpc) is 3.17.